The normalized spacial score (nSPS) is 18.0. The molecule has 1 aliphatic heterocycles. The molecule has 0 bridgehead atoms. The minimum atomic E-state index is -0.250. The van der Waals surface area contributed by atoms with Crippen molar-refractivity contribution < 1.29 is 9.50 Å². The molecule has 0 amide bonds. The van der Waals surface area contributed by atoms with E-state index in [1.807, 2.05) is 31.5 Å². The van der Waals surface area contributed by atoms with Crippen LogP contribution in [0.2, 0.25) is 0 Å². The number of hydrogen-bond donors (Lipinski definition) is 1. The van der Waals surface area contributed by atoms with E-state index in [1.54, 1.807) is 16.8 Å². The van der Waals surface area contributed by atoms with Crippen LogP contribution in [-0.4, -0.2) is 62.0 Å². The molecule has 0 aliphatic carbocycles. The zero-order valence-corrected chi connectivity index (χ0v) is 17.3. The SMILES string of the molecule is Cc1cccc(CN2CCN(Cc3cnn(-c4ccc(F)cc4)c3)C[C@@H]2CCO)n1. The van der Waals surface area contributed by atoms with Gasteiger partial charge in [0.2, 0.25) is 0 Å². The molecule has 7 heteroatoms. The zero-order chi connectivity index (χ0) is 20.9. The second kappa shape index (κ2) is 9.47. The van der Waals surface area contributed by atoms with E-state index in [4.69, 9.17) is 0 Å². The highest BCUT2D eigenvalue weighted by molar-refractivity contribution is 5.31. The van der Waals surface area contributed by atoms with E-state index in [9.17, 15) is 9.50 Å². The fourth-order valence-corrected chi connectivity index (χ4v) is 4.06. The maximum absolute atomic E-state index is 13.1. The highest BCUT2D eigenvalue weighted by atomic mass is 19.1. The fraction of sp³-hybridized carbons (Fsp3) is 0.391. The summed E-state index contributed by atoms with van der Waals surface area (Å²) >= 11 is 0. The molecule has 6 nitrogen and oxygen atoms in total. The van der Waals surface area contributed by atoms with Crippen LogP contribution in [0.25, 0.3) is 5.69 Å². The number of piperazine rings is 1. The first-order chi connectivity index (χ1) is 14.6. The molecule has 3 aromatic rings. The number of benzene rings is 1. The van der Waals surface area contributed by atoms with Crippen molar-refractivity contribution in [2.75, 3.05) is 26.2 Å². The molecule has 30 heavy (non-hydrogen) atoms. The van der Waals surface area contributed by atoms with Crippen LogP contribution < -0.4 is 0 Å². The van der Waals surface area contributed by atoms with Crippen molar-refractivity contribution in [3.63, 3.8) is 0 Å². The van der Waals surface area contributed by atoms with Gasteiger partial charge in [0, 0.05) is 62.8 Å². The smallest absolute Gasteiger partial charge is 0.123 e. The van der Waals surface area contributed by atoms with Gasteiger partial charge in [0.15, 0.2) is 0 Å². The topological polar surface area (TPSA) is 57.4 Å². The molecule has 1 aromatic carbocycles. The average Bonchev–Trinajstić information content (AvgIpc) is 3.19. The van der Waals surface area contributed by atoms with E-state index in [2.05, 4.69) is 25.9 Å². The molecule has 0 radical (unpaired) electrons. The number of rotatable bonds is 7. The van der Waals surface area contributed by atoms with Crippen molar-refractivity contribution in [2.24, 2.45) is 0 Å². The Bertz CT molecular complexity index is 958. The summed E-state index contributed by atoms with van der Waals surface area (Å²) in [6.07, 6.45) is 4.61. The number of pyridine rings is 1. The lowest BCUT2D eigenvalue weighted by atomic mass is 10.1. The summed E-state index contributed by atoms with van der Waals surface area (Å²) in [5, 5.41) is 14.0. The molecule has 1 aliphatic rings. The van der Waals surface area contributed by atoms with Crippen LogP contribution in [0.4, 0.5) is 4.39 Å². The maximum atomic E-state index is 13.1. The van der Waals surface area contributed by atoms with Crippen LogP contribution >= 0.6 is 0 Å². The van der Waals surface area contributed by atoms with Gasteiger partial charge in [-0.3, -0.25) is 14.8 Å². The third-order valence-corrected chi connectivity index (χ3v) is 5.60. The predicted molar refractivity (Wildman–Crippen MR) is 114 cm³/mol. The zero-order valence-electron chi connectivity index (χ0n) is 17.3. The first-order valence-electron chi connectivity index (χ1n) is 10.4. The molecule has 158 valence electrons. The Morgan fingerprint density at radius 3 is 2.70 bits per heavy atom. The number of nitrogens with zero attached hydrogens (tertiary/aromatic N) is 5. The Hall–Kier alpha value is -2.61. The van der Waals surface area contributed by atoms with Crippen LogP contribution in [0.3, 0.4) is 0 Å². The van der Waals surface area contributed by atoms with Crippen molar-refractivity contribution in [1.29, 1.82) is 0 Å². The molecule has 0 unspecified atom stereocenters. The van der Waals surface area contributed by atoms with Gasteiger partial charge in [0.1, 0.15) is 5.82 Å². The molecule has 1 fully saturated rings. The van der Waals surface area contributed by atoms with Crippen LogP contribution in [-0.2, 0) is 13.1 Å². The van der Waals surface area contributed by atoms with Crippen LogP contribution in [0.1, 0.15) is 23.4 Å². The van der Waals surface area contributed by atoms with Crippen molar-refractivity contribution in [1.82, 2.24) is 24.6 Å². The van der Waals surface area contributed by atoms with Gasteiger partial charge in [-0.2, -0.15) is 5.10 Å². The minimum Gasteiger partial charge on any atom is -0.396 e. The van der Waals surface area contributed by atoms with Gasteiger partial charge in [-0.25, -0.2) is 9.07 Å². The highest BCUT2D eigenvalue weighted by Crippen LogP contribution is 2.18. The Labute approximate surface area is 176 Å². The number of aliphatic hydroxyl groups is 1. The molecule has 3 heterocycles. The third kappa shape index (κ3) is 5.11. The Morgan fingerprint density at radius 1 is 1.10 bits per heavy atom. The lowest BCUT2D eigenvalue weighted by molar-refractivity contribution is 0.0491. The quantitative estimate of drug-likeness (QED) is 0.650. The average molecular weight is 410 g/mol. The number of aromatic nitrogens is 3. The largest absolute Gasteiger partial charge is 0.396 e. The third-order valence-electron chi connectivity index (χ3n) is 5.60. The molecular formula is C23H28FN5O. The standard InChI is InChI=1S/C23H28FN5O/c1-18-3-2-4-21(26-18)16-28-11-10-27(17-23(28)9-12-30)14-19-13-25-29(15-19)22-7-5-20(24)6-8-22/h2-8,13,15,23,30H,9-12,14,16-17H2,1H3/t23-/m0/s1. The molecule has 2 aromatic heterocycles. The first-order valence-corrected chi connectivity index (χ1v) is 10.4. The van der Waals surface area contributed by atoms with E-state index in [-0.39, 0.29) is 12.4 Å². The molecule has 0 spiro atoms. The fourth-order valence-electron chi connectivity index (χ4n) is 4.06. The Morgan fingerprint density at radius 2 is 1.93 bits per heavy atom. The first kappa shape index (κ1) is 20.7. The second-order valence-electron chi connectivity index (χ2n) is 7.91. The number of aliphatic hydroxyl groups excluding tert-OH is 1. The monoisotopic (exact) mass is 409 g/mol. The van der Waals surface area contributed by atoms with Gasteiger partial charge in [0.05, 0.1) is 17.6 Å². The molecule has 1 N–H and O–H groups in total. The van der Waals surface area contributed by atoms with Crippen LogP contribution in [0.15, 0.2) is 54.9 Å². The summed E-state index contributed by atoms with van der Waals surface area (Å²) in [7, 11) is 0. The van der Waals surface area contributed by atoms with Gasteiger partial charge < -0.3 is 5.11 Å². The molecule has 1 atom stereocenters. The summed E-state index contributed by atoms with van der Waals surface area (Å²) in [5.74, 6) is -0.250. The Balaban J connectivity index is 1.39. The summed E-state index contributed by atoms with van der Waals surface area (Å²) in [6.45, 7) is 6.59. The highest BCUT2D eigenvalue weighted by Gasteiger charge is 2.27. The summed E-state index contributed by atoms with van der Waals surface area (Å²) in [5.41, 5.74) is 4.07. The number of halogens is 1. The van der Waals surface area contributed by atoms with Crippen LogP contribution in [0, 0.1) is 12.7 Å². The molecule has 4 rings (SSSR count). The van der Waals surface area contributed by atoms with E-state index >= 15 is 0 Å². The van der Waals surface area contributed by atoms with E-state index < -0.39 is 0 Å². The predicted octanol–water partition coefficient (Wildman–Crippen LogP) is 2.78. The molecule has 0 saturated carbocycles. The Kier molecular flexibility index (Phi) is 6.52. The second-order valence-corrected chi connectivity index (χ2v) is 7.91. The molecule has 1 saturated heterocycles. The van der Waals surface area contributed by atoms with Crippen molar-refractivity contribution in [2.45, 2.75) is 32.5 Å². The van der Waals surface area contributed by atoms with Crippen molar-refractivity contribution in [3.05, 3.63) is 77.6 Å². The maximum Gasteiger partial charge on any atom is 0.123 e. The summed E-state index contributed by atoms with van der Waals surface area (Å²) in [6, 6.07) is 12.8. The van der Waals surface area contributed by atoms with Crippen LogP contribution in [0.5, 0.6) is 0 Å². The minimum absolute atomic E-state index is 0.179. The van der Waals surface area contributed by atoms with Gasteiger partial charge in [-0.15, -0.1) is 0 Å². The number of aryl methyl sites for hydroxylation is 1. The van der Waals surface area contributed by atoms with E-state index in [0.29, 0.717) is 6.04 Å². The van der Waals surface area contributed by atoms with Gasteiger partial charge in [-0.05, 0) is 49.7 Å². The van der Waals surface area contributed by atoms with Crippen molar-refractivity contribution in [3.8, 4) is 5.69 Å². The van der Waals surface area contributed by atoms with E-state index in [1.165, 1.54) is 12.1 Å². The number of hydrogen-bond acceptors (Lipinski definition) is 5. The summed E-state index contributed by atoms with van der Waals surface area (Å²) in [4.78, 5) is 9.47. The lowest BCUT2D eigenvalue weighted by Gasteiger charge is -2.41. The molecular weight excluding hydrogens is 381 g/mol. The van der Waals surface area contributed by atoms with Gasteiger partial charge in [-0.1, -0.05) is 6.07 Å². The van der Waals surface area contributed by atoms with Gasteiger partial charge in [0.25, 0.3) is 0 Å². The van der Waals surface area contributed by atoms with E-state index in [0.717, 1.165) is 61.8 Å². The summed E-state index contributed by atoms with van der Waals surface area (Å²) < 4.78 is 14.9. The van der Waals surface area contributed by atoms with Crippen molar-refractivity contribution >= 4 is 0 Å². The lowest BCUT2D eigenvalue weighted by Crippen LogP contribution is -2.52. The van der Waals surface area contributed by atoms with Gasteiger partial charge >= 0.3 is 0 Å².